The quantitative estimate of drug-likeness (QED) is 0.488. The van der Waals surface area contributed by atoms with Crippen molar-refractivity contribution < 1.29 is 0 Å². The van der Waals surface area contributed by atoms with Gasteiger partial charge in [0.2, 0.25) is 0 Å². The van der Waals surface area contributed by atoms with Crippen LogP contribution >= 0.6 is 0 Å². The van der Waals surface area contributed by atoms with Crippen LogP contribution in [0.5, 0.6) is 0 Å². The third kappa shape index (κ3) is 18.6. The normalized spacial score (nSPS) is 9.88. The van der Waals surface area contributed by atoms with Crippen LogP contribution in [0.25, 0.3) is 0 Å². The van der Waals surface area contributed by atoms with E-state index in [-0.39, 0.29) is 14.9 Å². The molecule has 0 aromatic heterocycles. The van der Waals surface area contributed by atoms with Gasteiger partial charge >= 0.3 is 0 Å². The van der Waals surface area contributed by atoms with Crippen molar-refractivity contribution in [3.05, 3.63) is 0 Å². The molecule has 0 spiro atoms. The van der Waals surface area contributed by atoms with E-state index in [1.54, 1.807) is 0 Å². The standard InChI is InChI=1S/C9H20.C6H14.2CH4/c1-6-9(7(2)3)8(4)5;1-4-5-6(2)3;;/h7-9H,6H2,1-5H3;6H,4-5H2,1-3H3;2*1H4. The summed E-state index contributed by atoms with van der Waals surface area (Å²) in [5.41, 5.74) is 0. The summed E-state index contributed by atoms with van der Waals surface area (Å²) in [4.78, 5) is 0. The Kier molecular flexibility index (Phi) is 24.2. The molecule has 0 atom stereocenters. The smallest absolute Gasteiger partial charge is 0.0371 e. The minimum atomic E-state index is 0. The lowest BCUT2D eigenvalue weighted by Gasteiger charge is -2.22. The van der Waals surface area contributed by atoms with Gasteiger partial charge in [0.25, 0.3) is 0 Å². The second kappa shape index (κ2) is 16.0. The van der Waals surface area contributed by atoms with Crippen LogP contribution in [0.2, 0.25) is 0 Å². The Morgan fingerprint density at radius 1 is 0.706 bits per heavy atom. The lowest BCUT2D eigenvalue weighted by atomic mass is 9.84. The van der Waals surface area contributed by atoms with Crippen molar-refractivity contribution in [1.29, 1.82) is 0 Å². The molecule has 0 aliphatic carbocycles. The zero-order valence-corrected chi connectivity index (χ0v) is 12.4. The third-order valence-corrected chi connectivity index (χ3v) is 3.05. The summed E-state index contributed by atoms with van der Waals surface area (Å²) in [5, 5.41) is 0. The fourth-order valence-corrected chi connectivity index (χ4v) is 2.29. The largest absolute Gasteiger partial charge is 0.0776 e. The summed E-state index contributed by atoms with van der Waals surface area (Å²) in [6.45, 7) is 18.3. The van der Waals surface area contributed by atoms with Gasteiger partial charge in [-0.25, -0.2) is 0 Å². The fraction of sp³-hybridized carbons (Fsp3) is 1.00. The zero-order valence-electron chi connectivity index (χ0n) is 12.4. The van der Waals surface area contributed by atoms with Crippen molar-refractivity contribution in [3.63, 3.8) is 0 Å². The molecule has 0 heteroatoms. The SMILES string of the molecule is C.C.CCC(C(C)C)C(C)C.CCCC(C)C. The maximum absolute atomic E-state index is 2.31. The van der Waals surface area contributed by atoms with E-state index in [9.17, 15) is 0 Å². The summed E-state index contributed by atoms with van der Waals surface area (Å²) in [6, 6.07) is 0. The van der Waals surface area contributed by atoms with Gasteiger partial charge in [0.05, 0.1) is 0 Å². The first-order valence-corrected chi connectivity index (χ1v) is 6.86. The van der Waals surface area contributed by atoms with Gasteiger partial charge in [-0.2, -0.15) is 0 Å². The Morgan fingerprint density at radius 3 is 1.06 bits per heavy atom. The lowest BCUT2D eigenvalue weighted by Crippen LogP contribution is -2.13. The Hall–Kier alpha value is 0. The predicted octanol–water partition coefficient (Wildman–Crippen LogP) is 7.04. The summed E-state index contributed by atoms with van der Waals surface area (Å²) in [5.74, 6) is 3.53. The number of rotatable bonds is 5. The Labute approximate surface area is 114 Å². The van der Waals surface area contributed by atoms with E-state index >= 15 is 0 Å². The van der Waals surface area contributed by atoms with Crippen molar-refractivity contribution in [2.75, 3.05) is 0 Å². The van der Waals surface area contributed by atoms with E-state index in [0.29, 0.717) is 0 Å². The molecule has 0 unspecified atom stereocenters. The van der Waals surface area contributed by atoms with Gasteiger partial charge in [0, 0.05) is 0 Å². The highest BCUT2D eigenvalue weighted by molar-refractivity contribution is 4.63. The zero-order chi connectivity index (χ0) is 12.4. The first kappa shape index (κ1) is 25.8. The highest BCUT2D eigenvalue weighted by atomic mass is 14.2. The average Bonchev–Trinajstić information content (AvgIpc) is 2.03. The van der Waals surface area contributed by atoms with Crippen molar-refractivity contribution in [2.24, 2.45) is 23.7 Å². The molecular weight excluding hydrogens is 204 g/mol. The fourth-order valence-electron chi connectivity index (χ4n) is 2.29. The van der Waals surface area contributed by atoms with E-state index < -0.39 is 0 Å². The van der Waals surface area contributed by atoms with Gasteiger partial charge in [-0.3, -0.25) is 0 Å². The minimum absolute atomic E-state index is 0. The highest BCUT2D eigenvalue weighted by Crippen LogP contribution is 2.22. The first-order valence-electron chi connectivity index (χ1n) is 6.86. The molecule has 0 aliphatic rings. The second-order valence-corrected chi connectivity index (χ2v) is 5.74. The predicted molar refractivity (Wildman–Crippen MR) is 86.7 cm³/mol. The summed E-state index contributed by atoms with van der Waals surface area (Å²) >= 11 is 0. The van der Waals surface area contributed by atoms with Crippen LogP contribution in [0.15, 0.2) is 0 Å². The van der Waals surface area contributed by atoms with Crippen molar-refractivity contribution in [2.45, 2.75) is 89.5 Å². The Balaban J connectivity index is -0.0000000945. The molecule has 0 aromatic carbocycles. The lowest BCUT2D eigenvalue weighted by molar-refractivity contribution is 0.279. The maximum atomic E-state index is 2.31. The Bertz CT molecular complexity index is 103. The molecule has 0 aromatic rings. The van der Waals surface area contributed by atoms with Crippen LogP contribution in [0.4, 0.5) is 0 Å². The van der Waals surface area contributed by atoms with Crippen LogP contribution in [-0.4, -0.2) is 0 Å². The summed E-state index contributed by atoms with van der Waals surface area (Å²) in [7, 11) is 0. The topological polar surface area (TPSA) is 0 Å². The van der Waals surface area contributed by atoms with Gasteiger partial charge in [0.15, 0.2) is 0 Å². The molecule has 0 heterocycles. The maximum Gasteiger partial charge on any atom is -0.0371 e. The molecule has 0 saturated heterocycles. The van der Waals surface area contributed by atoms with Crippen LogP contribution in [0.3, 0.4) is 0 Å². The van der Waals surface area contributed by atoms with Gasteiger partial charge in [0.1, 0.15) is 0 Å². The van der Waals surface area contributed by atoms with E-state index in [1.165, 1.54) is 19.3 Å². The average molecular weight is 247 g/mol. The van der Waals surface area contributed by atoms with Gasteiger partial charge < -0.3 is 0 Å². The molecule has 17 heavy (non-hydrogen) atoms. The molecular formula is C17H42. The van der Waals surface area contributed by atoms with Crippen molar-refractivity contribution in [1.82, 2.24) is 0 Å². The van der Waals surface area contributed by atoms with Crippen LogP contribution in [0.1, 0.15) is 89.5 Å². The van der Waals surface area contributed by atoms with Crippen molar-refractivity contribution in [3.8, 4) is 0 Å². The third-order valence-electron chi connectivity index (χ3n) is 3.05. The van der Waals surface area contributed by atoms with Crippen molar-refractivity contribution >= 4 is 0 Å². The second-order valence-electron chi connectivity index (χ2n) is 5.74. The molecule has 0 bridgehead atoms. The van der Waals surface area contributed by atoms with Crippen LogP contribution < -0.4 is 0 Å². The molecule has 0 radical (unpaired) electrons. The highest BCUT2D eigenvalue weighted by Gasteiger charge is 2.13. The van der Waals surface area contributed by atoms with E-state index in [0.717, 1.165) is 23.7 Å². The van der Waals surface area contributed by atoms with E-state index in [4.69, 9.17) is 0 Å². The molecule has 0 fully saturated rings. The van der Waals surface area contributed by atoms with Crippen LogP contribution in [0, 0.1) is 23.7 Å². The Morgan fingerprint density at radius 2 is 1.06 bits per heavy atom. The minimum Gasteiger partial charge on any atom is -0.0776 e. The number of hydrogen-bond donors (Lipinski definition) is 0. The van der Waals surface area contributed by atoms with E-state index in [2.05, 4.69) is 55.4 Å². The van der Waals surface area contributed by atoms with Crippen LogP contribution in [-0.2, 0) is 0 Å². The summed E-state index contributed by atoms with van der Waals surface area (Å²) in [6.07, 6.45) is 4.03. The molecule has 0 aliphatic heterocycles. The van der Waals surface area contributed by atoms with Gasteiger partial charge in [-0.1, -0.05) is 89.5 Å². The molecule has 0 N–H and O–H groups in total. The molecule has 0 saturated carbocycles. The monoisotopic (exact) mass is 246 g/mol. The van der Waals surface area contributed by atoms with Gasteiger partial charge in [-0.15, -0.1) is 0 Å². The molecule has 0 amide bonds. The first-order chi connectivity index (χ1) is 6.86. The molecule has 110 valence electrons. The molecule has 0 nitrogen and oxygen atoms in total. The molecule has 0 rings (SSSR count). The van der Waals surface area contributed by atoms with E-state index in [1.807, 2.05) is 0 Å². The summed E-state index contributed by atoms with van der Waals surface area (Å²) < 4.78 is 0. The van der Waals surface area contributed by atoms with Gasteiger partial charge in [-0.05, 0) is 23.7 Å². The number of hydrogen-bond acceptors (Lipinski definition) is 0.